The average molecular weight is 310 g/mol. The normalized spacial score (nSPS) is 17.5. The summed E-state index contributed by atoms with van der Waals surface area (Å²) < 4.78 is 11.5. The number of hydrogen-bond donors (Lipinski definition) is 0. The molecule has 0 saturated heterocycles. The second-order valence-corrected chi connectivity index (χ2v) is 8.05. The van der Waals surface area contributed by atoms with Gasteiger partial charge >= 0.3 is 0 Å². The van der Waals surface area contributed by atoms with Crippen molar-refractivity contribution in [2.45, 2.75) is 34.6 Å². The zero-order valence-corrected chi connectivity index (χ0v) is 15.0. The lowest BCUT2D eigenvalue weighted by atomic mass is 9.71. The van der Waals surface area contributed by atoms with Crippen LogP contribution in [0, 0.1) is 10.8 Å². The van der Waals surface area contributed by atoms with Gasteiger partial charge in [-0.05, 0) is 40.0 Å². The standard InChI is InChI=1S/C21H26O2/c1-20(2,3)19-18(23-13-21(19,4)5)15-8-7-14-9-10-17(22-6)12-16(14)11-15/h7-12H,13H2,1-6H3. The zero-order chi connectivity index (χ0) is 16.8. The zero-order valence-electron chi connectivity index (χ0n) is 15.0. The molecule has 23 heavy (non-hydrogen) atoms. The maximum atomic E-state index is 6.15. The van der Waals surface area contributed by atoms with Gasteiger partial charge in [-0.3, -0.25) is 0 Å². The number of rotatable bonds is 2. The van der Waals surface area contributed by atoms with E-state index in [0.717, 1.165) is 23.7 Å². The van der Waals surface area contributed by atoms with E-state index in [1.54, 1.807) is 7.11 Å². The summed E-state index contributed by atoms with van der Waals surface area (Å²) in [6, 6.07) is 12.7. The molecule has 0 bridgehead atoms. The summed E-state index contributed by atoms with van der Waals surface area (Å²) in [5, 5.41) is 2.39. The van der Waals surface area contributed by atoms with Crippen LogP contribution >= 0.6 is 0 Å². The van der Waals surface area contributed by atoms with Crippen LogP contribution in [0.2, 0.25) is 0 Å². The third kappa shape index (κ3) is 2.83. The van der Waals surface area contributed by atoms with Crippen molar-refractivity contribution in [2.75, 3.05) is 13.7 Å². The first-order valence-corrected chi connectivity index (χ1v) is 8.18. The van der Waals surface area contributed by atoms with Gasteiger partial charge in [0.2, 0.25) is 0 Å². The fraction of sp³-hybridized carbons (Fsp3) is 0.429. The van der Waals surface area contributed by atoms with E-state index in [0.29, 0.717) is 0 Å². The molecule has 0 spiro atoms. The Labute approximate surface area is 139 Å². The van der Waals surface area contributed by atoms with E-state index >= 15 is 0 Å². The largest absolute Gasteiger partial charge is 0.497 e. The molecule has 0 radical (unpaired) electrons. The summed E-state index contributed by atoms with van der Waals surface area (Å²) >= 11 is 0. The molecule has 2 heteroatoms. The molecular formula is C21H26O2. The van der Waals surface area contributed by atoms with E-state index in [4.69, 9.17) is 9.47 Å². The summed E-state index contributed by atoms with van der Waals surface area (Å²) in [4.78, 5) is 0. The van der Waals surface area contributed by atoms with Gasteiger partial charge in [0.1, 0.15) is 11.5 Å². The van der Waals surface area contributed by atoms with Crippen molar-refractivity contribution in [3.8, 4) is 5.75 Å². The second kappa shape index (κ2) is 5.30. The van der Waals surface area contributed by atoms with Crippen LogP contribution < -0.4 is 4.74 Å². The van der Waals surface area contributed by atoms with Crippen molar-refractivity contribution in [2.24, 2.45) is 10.8 Å². The van der Waals surface area contributed by atoms with E-state index in [1.807, 2.05) is 6.07 Å². The minimum atomic E-state index is 0.0664. The molecule has 0 N–H and O–H groups in total. The maximum absolute atomic E-state index is 6.15. The van der Waals surface area contributed by atoms with Crippen LogP contribution in [0.3, 0.4) is 0 Å². The molecule has 1 heterocycles. The summed E-state index contributed by atoms with van der Waals surface area (Å²) in [6.07, 6.45) is 0. The minimum absolute atomic E-state index is 0.0664. The van der Waals surface area contributed by atoms with E-state index in [9.17, 15) is 0 Å². The maximum Gasteiger partial charge on any atom is 0.126 e. The molecule has 1 aliphatic heterocycles. The Kier molecular flexibility index (Phi) is 3.66. The van der Waals surface area contributed by atoms with Crippen LogP contribution in [-0.2, 0) is 4.74 Å². The summed E-state index contributed by atoms with van der Waals surface area (Å²) in [6.45, 7) is 12.1. The fourth-order valence-corrected chi connectivity index (χ4v) is 3.78. The van der Waals surface area contributed by atoms with Gasteiger partial charge in [-0.15, -0.1) is 0 Å². The molecule has 0 fully saturated rings. The van der Waals surface area contributed by atoms with Crippen LogP contribution in [0.4, 0.5) is 0 Å². The van der Waals surface area contributed by atoms with Gasteiger partial charge in [-0.2, -0.15) is 0 Å². The predicted octanol–water partition coefficient (Wildman–Crippen LogP) is 5.66. The molecule has 0 atom stereocenters. The van der Waals surface area contributed by atoms with Gasteiger partial charge in [0.15, 0.2) is 0 Å². The lowest BCUT2D eigenvalue weighted by Crippen LogP contribution is -2.24. The SMILES string of the molecule is COc1ccc2ccc(C3=C(C(C)(C)C)C(C)(C)CO3)cc2c1. The summed E-state index contributed by atoms with van der Waals surface area (Å²) in [7, 11) is 1.70. The lowest BCUT2D eigenvalue weighted by Gasteiger charge is -2.30. The van der Waals surface area contributed by atoms with Crippen molar-refractivity contribution in [3.05, 3.63) is 47.5 Å². The highest BCUT2D eigenvalue weighted by molar-refractivity contribution is 5.87. The van der Waals surface area contributed by atoms with Gasteiger partial charge in [-0.1, -0.05) is 52.8 Å². The first-order valence-electron chi connectivity index (χ1n) is 8.18. The average Bonchev–Trinajstić information content (AvgIpc) is 2.81. The van der Waals surface area contributed by atoms with Crippen LogP contribution in [0.15, 0.2) is 42.0 Å². The quantitative estimate of drug-likeness (QED) is 0.712. The Morgan fingerprint density at radius 3 is 2.35 bits per heavy atom. The van der Waals surface area contributed by atoms with Gasteiger partial charge in [0, 0.05) is 11.0 Å². The molecule has 0 unspecified atom stereocenters. The highest BCUT2D eigenvalue weighted by atomic mass is 16.5. The van der Waals surface area contributed by atoms with Crippen molar-refractivity contribution >= 4 is 16.5 Å². The Bertz CT molecular complexity index is 776. The number of benzene rings is 2. The summed E-state index contributed by atoms with van der Waals surface area (Å²) in [5.74, 6) is 1.93. The molecule has 2 aromatic carbocycles. The van der Waals surface area contributed by atoms with Crippen LogP contribution in [-0.4, -0.2) is 13.7 Å². The molecule has 0 amide bonds. The van der Waals surface area contributed by atoms with Crippen LogP contribution in [0.5, 0.6) is 5.75 Å². The number of ether oxygens (including phenoxy) is 2. The highest BCUT2D eigenvalue weighted by Crippen LogP contribution is 2.49. The van der Waals surface area contributed by atoms with E-state index < -0.39 is 0 Å². The number of methoxy groups -OCH3 is 1. The second-order valence-electron chi connectivity index (χ2n) is 8.05. The Morgan fingerprint density at radius 1 is 1.00 bits per heavy atom. The molecule has 0 saturated carbocycles. The molecular weight excluding hydrogens is 284 g/mol. The van der Waals surface area contributed by atoms with Crippen molar-refractivity contribution in [1.29, 1.82) is 0 Å². The van der Waals surface area contributed by atoms with E-state index in [-0.39, 0.29) is 10.8 Å². The van der Waals surface area contributed by atoms with Gasteiger partial charge in [0.25, 0.3) is 0 Å². The Balaban J connectivity index is 2.18. The lowest BCUT2D eigenvalue weighted by molar-refractivity contribution is 0.213. The Hall–Kier alpha value is -1.96. The Morgan fingerprint density at radius 2 is 1.70 bits per heavy atom. The van der Waals surface area contributed by atoms with Gasteiger partial charge < -0.3 is 9.47 Å². The molecule has 2 aromatic rings. The minimum Gasteiger partial charge on any atom is -0.497 e. The molecule has 122 valence electrons. The molecule has 1 aliphatic rings. The monoisotopic (exact) mass is 310 g/mol. The molecule has 0 aliphatic carbocycles. The smallest absolute Gasteiger partial charge is 0.126 e. The first kappa shape index (κ1) is 15.9. The first-order chi connectivity index (χ1) is 10.7. The van der Waals surface area contributed by atoms with Crippen molar-refractivity contribution in [1.82, 2.24) is 0 Å². The highest BCUT2D eigenvalue weighted by Gasteiger charge is 2.41. The number of hydrogen-bond acceptors (Lipinski definition) is 2. The molecule has 0 aromatic heterocycles. The molecule has 2 nitrogen and oxygen atoms in total. The van der Waals surface area contributed by atoms with Gasteiger partial charge in [0.05, 0.1) is 13.7 Å². The van der Waals surface area contributed by atoms with Crippen molar-refractivity contribution < 1.29 is 9.47 Å². The van der Waals surface area contributed by atoms with Crippen molar-refractivity contribution in [3.63, 3.8) is 0 Å². The van der Waals surface area contributed by atoms with Crippen LogP contribution in [0.1, 0.15) is 40.2 Å². The van der Waals surface area contributed by atoms with Crippen LogP contribution in [0.25, 0.3) is 16.5 Å². The third-order valence-corrected chi connectivity index (χ3v) is 4.54. The van der Waals surface area contributed by atoms with Gasteiger partial charge in [-0.25, -0.2) is 0 Å². The third-order valence-electron chi connectivity index (χ3n) is 4.54. The predicted molar refractivity (Wildman–Crippen MR) is 96.6 cm³/mol. The van der Waals surface area contributed by atoms with E-state index in [2.05, 4.69) is 65.0 Å². The van der Waals surface area contributed by atoms with E-state index in [1.165, 1.54) is 16.3 Å². The fourth-order valence-electron chi connectivity index (χ4n) is 3.78. The summed E-state index contributed by atoms with van der Waals surface area (Å²) in [5.41, 5.74) is 2.70. The number of fused-ring (bicyclic) bond motifs is 1. The topological polar surface area (TPSA) is 18.5 Å². The molecule has 3 rings (SSSR count).